The molecular weight excluding hydrogens is 328 g/mol. The second-order valence-corrected chi connectivity index (χ2v) is 5.05. The summed E-state index contributed by atoms with van der Waals surface area (Å²) < 4.78 is 31.3. The molecule has 0 aliphatic carbocycles. The van der Waals surface area contributed by atoms with Gasteiger partial charge < -0.3 is 10.1 Å². The number of ether oxygens (including phenoxy) is 1. The number of carbonyl (C=O) groups excluding carboxylic acids is 2. The minimum absolute atomic E-state index is 0.110. The summed E-state index contributed by atoms with van der Waals surface area (Å²) in [5, 5.41) is 2.34. The smallest absolute Gasteiger partial charge is 0.343 e. The van der Waals surface area contributed by atoms with E-state index in [4.69, 9.17) is 16.3 Å². The molecule has 0 heterocycles. The molecule has 0 fully saturated rings. The highest BCUT2D eigenvalue weighted by Crippen LogP contribution is 2.20. The number of nitrogens with one attached hydrogen (secondary N) is 1. The van der Waals surface area contributed by atoms with Gasteiger partial charge in [-0.1, -0.05) is 17.7 Å². The largest absolute Gasteiger partial charge is 0.449 e. The fourth-order valence-electron chi connectivity index (χ4n) is 1.74. The van der Waals surface area contributed by atoms with E-state index in [1.807, 2.05) is 0 Å². The molecule has 23 heavy (non-hydrogen) atoms. The van der Waals surface area contributed by atoms with E-state index in [1.165, 1.54) is 43.3 Å². The van der Waals surface area contributed by atoms with Crippen LogP contribution in [0.25, 0.3) is 0 Å². The van der Waals surface area contributed by atoms with Gasteiger partial charge in [-0.2, -0.15) is 0 Å². The molecule has 1 atom stereocenters. The van der Waals surface area contributed by atoms with Crippen molar-refractivity contribution in [2.24, 2.45) is 0 Å². The van der Waals surface area contributed by atoms with Crippen LogP contribution in [0.15, 0.2) is 42.5 Å². The zero-order valence-electron chi connectivity index (χ0n) is 12.0. The minimum Gasteiger partial charge on any atom is -0.449 e. The highest BCUT2D eigenvalue weighted by atomic mass is 35.5. The van der Waals surface area contributed by atoms with Gasteiger partial charge in [-0.3, -0.25) is 4.79 Å². The van der Waals surface area contributed by atoms with Crippen molar-refractivity contribution in [3.63, 3.8) is 0 Å². The average molecular weight is 340 g/mol. The second-order valence-electron chi connectivity index (χ2n) is 4.64. The molecule has 2 aromatic carbocycles. The molecular formula is C16H12ClF2NO3. The van der Waals surface area contributed by atoms with E-state index in [-0.39, 0.29) is 5.02 Å². The molecule has 4 nitrogen and oxygen atoms in total. The van der Waals surface area contributed by atoms with Crippen molar-refractivity contribution in [1.82, 2.24) is 0 Å². The number of benzene rings is 2. The second kappa shape index (κ2) is 7.19. The van der Waals surface area contributed by atoms with Crippen molar-refractivity contribution in [2.45, 2.75) is 13.0 Å². The zero-order chi connectivity index (χ0) is 17.0. The lowest BCUT2D eigenvalue weighted by Crippen LogP contribution is -2.30. The predicted molar refractivity (Wildman–Crippen MR) is 81.3 cm³/mol. The van der Waals surface area contributed by atoms with E-state index >= 15 is 0 Å². The zero-order valence-corrected chi connectivity index (χ0v) is 12.7. The number of hydrogen-bond acceptors (Lipinski definition) is 3. The summed E-state index contributed by atoms with van der Waals surface area (Å²) in [5.74, 6) is -2.97. The summed E-state index contributed by atoms with van der Waals surface area (Å²) in [6, 6.07) is 8.80. The van der Waals surface area contributed by atoms with E-state index in [0.29, 0.717) is 5.69 Å². The molecule has 0 unspecified atom stereocenters. The van der Waals surface area contributed by atoms with Crippen molar-refractivity contribution < 1.29 is 23.1 Å². The first kappa shape index (κ1) is 16.9. The molecule has 0 bridgehead atoms. The number of anilines is 1. The SMILES string of the molecule is C[C@@H](OC(=O)c1c(F)cccc1Cl)C(=O)Nc1ccc(F)cc1. The summed E-state index contributed by atoms with van der Waals surface area (Å²) >= 11 is 5.76. The van der Waals surface area contributed by atoms with Crippen LogP contribution in [-0.2, 0) is 9.53 Å². The summed E-state index contributed by atoms with van der Waals surface area (Å²) in [5.41, 5.74) is -0.0983. The first-order valence-electron chi connectivity index (χ1n) is 6.60. The van der Waals surface area contributed by atoms with Crippen LogP contribution in [0.1, 0.15) is 17.3 Å². The van der Waals surface area contributed by atoms with Crippen LogP contribution < -0.4 is 5.32 Å². The number of carbonyl (C=O) groups is 2. The van der Waals surface area contributed by atoms with Gasteiger partial charge in [0, 0.05) is 5.69 Å². The first-order chi connectivity index (χ1) is 10.9. The van der Waals surface area contributed by atoms with Gasteiger partial charge in [0.2, 0.25) is 0 Å². The Morgan fingerprint density at radius 1 is 1.13 bits per heavy atom. The van der Waals surface area contributed by atoms with Gasteiger partial charge in [0.1, 0.15) is 17.2 Å². The lowest BCUT2D eigenvalue weighted by molar-refractivity contribution is -0.123. The van der Waals surface area contributed by atoms with Crippen LogP contribution in [0.5, 0.6) is 0 Å². The number of rotatable bonds is 4. The molecule has 0 aliphatic rings. The molecule has 0 radical (unpaired) electrons. The monoisotopic (exact) mass is 339 g/mol. The molecule has 7 heteroatoms. The molecule has 1 N–H and O–H groups in total. The maximum atomic E-state index is 13.6. The normalized spacial score (nSPS) is 11.7. The van der Waals surface area contributed by atoms with E-state index in [2.05, 4.69) is 5.32 Å². The molecule has 2 rings (SSSR count). The van der Waals surface area contributed by atoms with Crippen molar-refractivity contribution >= 4 is 29.2 Å². The average Bonchev–Trinajstić information content (AvgIpc) is 2.49. The van der Waals surface area contributed by atoms with Crippen molar-refractivity contribution in [3.05, 3.63) is 64.7 Å². The Hall–Kier alpha value is -2.47. The third kappa shape index (κ3) is 4.26. The van der Waals surface area contributed by atoms with Crippen LogP contribution in [0.4, 0.5) is 14.5 Å². The highest BCUT2D eigenvalue weighted by molar-refractivity contribution is 6.33. The molecule has 0 aliphatic heterocycles. The Labute approximate surface area is 136 Å². The number of hydrogen-bond donors (Lipinski definition) is 1. The van der Waals surface area contributed by atoms with Gasteiger partial charge in [-0.15, -0.1) is 0 Å². The summed E-state index contributed by atoms with van der Waals surface area (Å²) in [4.78, 5) is 23.8. The first-order valence-corrected chi connectivity index (χ1v) is 6.97. The van der Waals surface area contributed by atoms with Crippen molar-refractivity contribution in [1.29, 1.82) is 0 Å². The van der Waals surface area contributed by atoms with Gasteiger partial charge in [-0.05, 0) is 43.3 Å². The number of esters is 1. The Bertz CT molecular complexity index is 714. The van der Waals surface area contributed by atoms with Crippen LogP contribution in [0.2, 0.25) is 5.02 Å². The van der Waals surface area contributed by atoms with Crippen molar-refractivity contribution in [2.75, 3.05) is 5.32 Å². The van der Waals surface area contributed by atoms with Gasteiger partial charge in [-0.25, -0.2) is 13.6 Å². The molecule has 1 amide bonds. The third-order valence-electron chi connectivity index (χ3n) is 2.93. The minimum atomic E-state index is -1.19. The third-order valence-corrected chi connectivity index (χ3v) is 3.25. The van der Waals surface area contributed by atoms with Gasteiger partial charge in [0.05, 0.1) is 5.02 Å². The standard InChI is InChI=1S/C16H12ClF2NO3/c1-9(15(21)20-11-7-5-10(18)6-8-11)23-16(22)14-12(17)3-2-4-13(14)19/h2-9H,1H3,(H,20,21)/t9-/m1/s1. The topological polar surface area (TPSA) is 55.4 Å². The van der Waals surface area contributed by atoms with Crippen LogP contribution in [0.3, 0.4) is 0 Å². The van der Waals surface area contributed by atoms with Crippen LogP contribution in [0, 0.1) is 11.6 Å². The maximum absolute atomic E-state index is 13.6. The van der Waals surface area contributed by atoms with Gasteiger partial charge >= 0.3 is 5.97 Å². The molecule has 2 aromatic rings. The summed E-state index contributed by atoms with van der Waals surface area (Å²) in [6.45, 7) is 1.32. The maximum Gasteiger partial charge on any atom is 0.343 e. The highest BCUT2D eigenvalue weighted by Gasteiger charge is 2.23. The lowest BCUT2D eigenvalue weighted by Gasteiger charge is -2.14. The fourth-order valence-corrected chi connectivity index (χ4v) is 1.98. The Morgan fingerprint density at radius 2 is 1.78 bits per heavy atom. The van der Waals surface area contributed by atoms with E-state index in [0.717, 1.165) is 6.07 Å². The van der Waals surface area contributed by atoms with Crippen LogP contribution in [-0.4, -0.2) is 18.0 Å². The fraction of sp³-hybridized carbons (Fsp3) is 0.125. The quantitative estimate of drug-likeness (QED) is 0.862. The molecule has 0 saturated carbocycles. The summed E-state index contributed by atoms with van der Waals surface area (Å²) in [6.07, 6.45) is -1.19. The van der Waals surface area contributed by atoms with Crippen molar-refractivity contribution in [3.8, 4) is 0 Å². The number of amides is 1. The molecule has 0 spiro atoms. The van der Waals surface area contributed by atoms with Crippen LogP contribution >= 0.6 is 11.6 Å². The predicted octanol–water partition coefficient (Wildman–Crippen LogP) is 3.80. The van der Waals surface area contributed by atoms with E-state index < -0.39 is 35.2 Å². The summed E-state index contributed by atoms with van der Waals surface area (Å²) in [7, 11) is 0. The molecule has 0 saturated heterocycles. The Morgan fingerprint density at radius 3 is 2.39 bits per heavy atom. The number of halogens is 3. The molecule has 120 valence electrons. The van der Waals surface area contributed by atoms with Gasteiger partial charge in [0.15, 0.2) is 6.10 Å². The molecule has 0 aromatic heterocycles. The Balaban J connectivity index is 2.03. The lowest BCUT2D eigenvalue weighted by atomic mass is 10.2. The van der Waals surface area contributed by atoms with E-state index in [1.54, 1.807) is 0 Å². The Kier molecular flexibility index (Phi) is 5.28. The van der Waals surface area contributed by atoms with E-state index in [9.17, 15) is 18.4 Å². The van der Waals surface area contributed by atoms with Gasteiger partial charge in [0.25, 0.3) is 5.91 Å².